The number of hydrogen-bond donors (Lipinski definition) is 1. The zero-order chi connectivity index (χ0) is 22.6. The Morgan fingerprint density at radius 1 is 1.23 bits per heavy atom. The van der Waals surface area contributed by atoms with Crippen molar-refractivity contribution in [1.29, 1.82) is 0 Å². The molecule has 1 fully saturated rings. The Hall–Kier alpha value is -2.40. The van der Waals surface area contributed by atoms with E-state index >= 15 is 0 Å². The van der Waals surface area contributed by atoms with Crippen LogP contribution in [0, 0.1) is 25.2 Å². The minimum atomic E-state index is -0.431. The van der Waals surface area contributed by atoms with Crippen molar-refractivity contribution in [2.75, 3.05) is 20.2 Å². The molecule has 0 saturated carbocycles. The predicted molar refractivity (Wildman–Crippen MR) is 125 cm³/mol. The summed E-state index contributed by atoms with van der Waals surface area (Å²) in [5.74, 6) is 1.34. The van der Waals surface area contributed by atoms with Crippen molar-refractivity contribution >= 4 is 5.91 Å². The minimum Gasteiger partial charge on any atom is -0.496 e. The highest BCUT2D eigenvalue weighted by Gasteiger charge is 2.33. The zero-order valence-corrected chi connectivity index (χ0v) is 19.9. The zero-order valence-electron chi connectivity index (χ0n) is 19.9. The number of carbonyl (C=O) groups excluding carboxylic acids is 1. The highest BCUT2D eigenvalue weighted by Crippen LogP contribution is 2.32. The van der Waals surface area contributed by atoms with E-state index in [1.165, 1.54) is 16.7 Å². The fraction of sp³-hybridized carbons (Fsp3) is 0.538. The predicted octanol–water partition coefficient (Wildman–Crippen LogP) is 4.82. The molecule has 3 rings (SSSR count). The molecule has 5 nitrogen and oxygen atoms in total. The lowest BCUT2D eigenvalue weighted by atomic mass is 9.86. The van der Waals surface area contributed by atoms with Crippen LogP contribution in [-0.4, -0.2) is 36.0 Å². The van der Waals surface area contributed by atoms with Crippen LogP contribution in [0.25, 0.3) is 0 Å². The van der Waals surface area contributed by atoms with Gasteiger partial charge in [0.1, 0.15) is 5.75 Å². The lowest BCUT2D eigenvalue weighted by molar-refractivity contribution is -0.130. The highest BCUT2D eigenvalue weighted by atomic mass is 16.5. The van der Waals surface area contributed by atoms with Gasteiger partial charge in [0, 0.05) is 24.7 Å². The fourth-order valence-electron chi connectivity index (χ4n) is 4.34. The van der Waals surface area contributed by atoms with Gasteiger partial charge in [-0.15, -0.1) is 0 Å². The van der Waals surface area contributed by atoms with Crippen LogP contribution in [0.1, 0.15) is 62.0 Å². The largest absolute Gasteiger partial charge is 0.496 e. The van der Waals surface area contributed by atoms with E-state index in [9.17, 15) is 4.79 Å². The Morgan fingerprint density at radius 2 is 2.00 bits per heavy atom. The fourth-order valence-corrected chi connectivity index (χ4v) is 4.34. The molecule has 0 unspecified atom stereocenters. The molecule has 5 heteroatoms. The molecule has 1 saturated heterocycles. The van der Waals surface area contributed by atoms with Crippen molar-refractivity contribution in [2.24, 2.45) is 11.3 Å². The van der Waals surface area contributed by atoms with E-state index in [-0.39, 0.29) is 11.9 Å². The molecule has 0 bridgehead atoms. The van der Waals surface area contributed by atoms with Gasteiger partial charge < -0.3 is 10.1 Å². The van der Waals surface area contributed by atoms with Crippen LogP contribution in [0.4, 0.5) is 0 Å². The van der Waals surface area contributed by atoms with Crippen molar-refractivity contribution in [3.8, 4) is 5.75 Å². The van der Waals surface area contributed by atoms with Crippen molar-refractivity contribution in [1.82, 2.24) is 15.2 Å². The Bertz CT molecular complexity index is 890. The van der Waals surface area contributed by atoms with E-state index in [2.05, 4.69) is 41.2 Å². The second-order valence-electron chi connectivity index (χ2n) is 9.77. The van der Waals surface area contributed by atoms with Gasteiger partial charge >= 0.3 is 0 Å². The molecule has 2 atom stereocenters. The summed E-state index contributed by atoms with van der Waals surface area (Å²) in [5, 5.41) is 3.32. The van der Waals surface area contributed by atoms with Crippen LogP contribution in [0.3, 0.4) is 0 Å². The first-order valence-electron chi connectivity index (χ1n) is 11.3. The second kappa shape index (κ2) is 9.82. The summed E-state index contributed by atoms with van der Waals surface area (Å²) in [6.07, 6.45) is 4.02. The SMILES string of the molecule is COc1ccc(CN2CCC[C@H]([C@H](NC(=O)C(C)(C)C)c3ccccn3)C2)c(C)c1C. The van der Waals surface area contributed by atoms with E-state index in [1.54, 1.807) is 7.11 Å². The van der Waals surface area contributed by atoms with Gasteiger partial charge in [-0.1, -0.05) is 32.9 Å². The number of carbonyl (C=O) groups is 1. The molecule has 31 heavy (non-hydrogen) atoms. The molecule has 2 aromatic rings. The number of nitrogens with zero attached hydrogens (tertiary/aromatic N) is 2. The van der Waals surface area contributed by atoms with E-state index in [4.69, 9.17) is 4.74 Å². The van der Waals surface area contributed by atoms with Gasteiger partial charge in [0.15, 0.2) is 0 Å². The molecule has 0 aliphatic carbocycles. The molecule has 168 valence electrons. The summed E-state index contributed by atoms with van der Waals surface area (Å²) >= 11 is 0. The van der Waals surface area contributed by atoms with Gasteiger partial charge in [-0.2, -0.15) is 0 Å². The summed E-state index contributed by atoms with van der Waals surface area (Å²) in [6.45, 7) is 13.1. The number of pyridine rings is 1. The maximum Gasteiger partial charge on any atom is 0.225 e. The van der Waals surface area contributed by atoms with Crippen LogP contribution in [0.2, 0.25) is 0 Å². The summed E-state index contributed by atoms with van der Waals surface area (Å²) in [4.78, 5) is 20.0. The average molecular weight is 424 g/mol. The first-order valence-corrected chi connectivity index (χ1v) is 11.3. The highest BCUT2D eigenvalue weighted by molar-refractivity contribution is 5.81. The van der Waals surface area contributed by atoms with E-state index in [0.717, 1.165) is 43.9 Å². The molecule has 2 heterocycles. The van der Waals surface area contributed by atoms with Crippen LogP contribution in [-0.2, 0) is 11.3 Å². The Morgan fingerprint density at radius 3 is 2.65 bits per heavy atom. The first-order chi connectivity index (χ1) is 14.7. The molecule has 0 radical (unpaired) electrons. The van der Waals surface area contributed by atoms with Gasteiger partial charge in [-0.25, -0.2) is 0 Å². The smallest absolute Gasteiger partial charge is 0.225 e. The number of benzene rings is 1. The Kier molecular flexibility index (Phi) is 7.37. The number of aromatic nitrogens is 1. The van der Waals surface area contributed by atoms with E-state index < -0.39 is 5.41 Å². The average Bonchev–Trinajstić information content (AvgIpc) is 2.75. The van der Waals surface area contributed by atoms with Gasteiger partial charge in [-0.3, -0.25) is 14.7 Å². The van der Waals surface area contributed by atoms with E-state index in [0.29, 0.717) is 5.92 Å². The number of ether oxygens (including phenoxy) is 1. The molecule has 1 aromatic carbocycles. The van der Waals surface area contributed by atoms with Gasteiger partial charge in [-0.05, 0) is 74.0 Å². The second-order valence-corrected chi connectivity index (χ2v) is 9.77. The van der Waals surface area contributed by atoms with Crippen LogP contribution < -0.4 is 10.1 Å². The standard InChI is InChI=1S/C26H37N3O2/c1-18-19(2)23(31-6)13-12-20(18)16-29-15-9-10-21(17-29)24(22-11-7-8-14-27-22)28-25(30)26(3,4)5/h7-8,11-14,21,24H,9-10,15-17H2,1-6H3,(H,28,30)/t21-,24-/m0/s1. The molecule has 0 spiro atoms. The Balaban J connectivity index is 1.79. The number of methoxy groups -OCH3 is 1. The molecular formula is C26H37N3O2. The van der Waals surface area contributed by atoms with E-state index in [1.807, 2.05) is 45.2 Å². The molecule has 1 N–H and O–H groups in total. The topological polar surface area (TPSA) is 54.5 Å². The lowest BCUT2D eigenvalue weighted by Crippen LogP contribution is -2.45. The quantitative estimate of drug-likeness (QED) is 0.724. The number of hydrogen-bond acceptors (Lipinski definition) is 4. The third kappa shape index (κ3) is 5.65. The van der Waals surface area contributed by atoms with Crippen molar-refractivity contribution in [3.05, 3.63) is 58.9 Å². The van der Waals surface area contributed by atoms with Crippen LogP contribution in [0.15, 0.2) is 36.5 Å². The summed E-state index contributed by atoms with van der Waals surface area (Å²) in [6, 6.07) is 10.1. The molecule has 1 aliphatic heterocycles. The molecule has 1 aliphatic rings. The van der Waals surface area contributed by atoms with Gasteiger partial charge in [0.05, 0.1) is 18.8 Å². The van der Waals surface area contributed by atoms with Gasteiger partial charge in [0.25, 0.3) is 0 Å². The Labute approximate surface area is 187 Å². The summed E-state index contributed by atoms with van der Waals surface area (Å²) in [5.41, 5.74) is 4.36. The monoisotopic (exact) mass is 423 g/mol. The first kappa shape index (κ1) is 23.3. The maximum atomic E-state index is 12.8. The maximum absolute atomic E-state index is 12.8. The number of piperidine rings is 1. The number of likely N-dealkylation sites (tertiary alicyclic amines) is 1. The normalized spacial score (nSPS) is 18.5. The molecule has 1 aromatic heterocycles. The third-order valence-corrected chi connectivity index (χ3v) is 6.45. The minimum absolute atomic E-state index is 0.0712. The van der Waals surface area contributed by atoms with Crippen molar-refractivity contribution in [2.45, 2.75) is 60.0 Å². The number of nitrogens with one attached hydrogen (secondary N) is 1. The molecule has 1 amide bonds. The van der Waals surface area contributed by atoms with Crippen LogP contribution >= 0.6 is 0 Å². The summed E-state index contributed by atoms with van der Waals surface area (Å²) in [7, 11) is 1.72. The van der Waals surface area contributed by atoms with Crippen molar-refractivity contribution < 1.29 is 9.53 Å². The van der Waals surface area contributed by atoms with Crippen LogP contribution in [0.5, 0.6) is 5.75 Å². The number of amides is 1. The van der Waals surface area contributed by atoms with Crippen molar-refractivity contribution in [3.63, 3.8) is 0 Å². The third-order valence-electron chi connectivity index (χ3n) is 6.45. The lowest BCUT2D eigenvalue weighted by Gasteiger charge is -2.38. The molecular weight excluding hydrogens is 386 g/mol. The summed E-state index contributed by atoms with van der Waals surface area (Å²) < 4.78 is 5.47. The number of rotatable bonds is 6. The van der Waals surface area contributed by atoms with Gasteiger partial charge in [0.2, 0.25) is 5.91 Å².